The minimum absolute atomic E-state index is 0. The molecule has 0 bridgehead atoms. The van der Waals surface area contributed by atoms with Crippen molar-refractivity contribution in [2.24, 2.45) is 4.99 Å². The van der Waals surface area contributed by atoms with Gasteiger partial charge in [-0.05, 0) is 38.1 Å². The quantitative estimate of drug-likeness (QED) is 0.333. The number of ether oxygens (including phenoxy) is 1. The van der Waals surface area contributed by atoms with Crippen LogP contribution in [0, 0.1) is 6.92 Å². The van der Waals surface area contributed by atoms with Gasteiger partial charge in [0.15, 0.2) is 5.96 Å². The number of aryl methyl sites for hydroxylation is 1. The van der Waals surface area contributed by atoms with Gasteiger partial charge in [0, 0.05) is 46.3 Å². The molecular formula is C20H36IN5O. The summed E-state index contributed by atoms with van der Waals surface area (Å²) in [7, 11) is 1.81. The van der Waals surface area contributed by atoms with Gasteiger partial charge in [0.05, 0.1) is 6.54 Å². The van der Waals surface area contributed by atoms with Crippen LogP contribution >= 0.6 is 24.0 Å². The van der Waals surface area contributed by atoms with Gasteiger partial charge in [-0.2, -0.15) is 0 Å². The van der Waals surface area contributed by atoms with Gasteiger partial charge in [-0.25, -0.2) is 0 Å². The number of benzene rings is 1. The second-order valence-corrected chi connectivity index (χ2v) is 6.90. The SMILES string of the molecule is CCN1CCN(CCNC(=NC)NCC(C)Oc2cccc(C)c2)CC1.I. The average molecular weight is 489 g/mol. The summed E-state index contributed by atoms with van der Waals surface area (Å²) in [4.78, 5) is 9.31. The molecule has 1 aliphatic heterocycles. The Bertz CT molecular complexity index is 561. The predicted molar refractivity (Wildman–Crippen MR) is 125 cm³/mol. The fourth-order valence-electron chi connectivity index (χ4n) is 3.09. The summed E-state index contributed by atoms with van der Waals surface area (Å²) in [6, 6.07) is 8.14. The highest BCUT2D eigenvalue weighted by molar-refractivity contribution is 14.0. The number of hydrogen-bond donors (Lipinski definition) is 2. The lowest BCUT2D eigenvalue weighted by molar-refractivity contribution is 0.139. The van der Waals surface area contributed by atoms with Gasteiger partial charge in [-0.15, -0.1) is 24.0 Å². The fourth-order valence-corrected chi connectivity index (χ4v) is 3.09. The van der Waals surface area contributed by atoms with Crippen molar-refractivity contribution in [3.05, 3.63) is 29.8 Å². The molecule has 0 spiro atoms. The van der Waals surface area contributed by atoms with E-state index in [4.69, 9.17) is 4.74 Å². The first kappa shape index (κ1) is 24.0. The predicted octanol–water partition coefficient (Wildman–Crippen LogP) is 2.18. The summed E-state index contributed by atoms with van der Waals surface area (Å²) in [6.07, 6.45) is 0.0671. The van der Waals surface area contributed by atoms with E-state index in [-0.39, 0.29) is 30.1 Å². The smallest absolute Gasteiger partial charge is 0.191 e. The van der Waals surface area contributed by atoms with Gasteiger partial charge >= 0.3 is 0 Å². The molecule has 0 saturated carbocycles. The zero-order valence-electron chi connectivity index (χ0n) is 17.2. The fraction of sp³-hybridized carbons (Fsp3) is 0.650. The number of likely N-dealkylation sites (N-methyl/N-ethyl adjacent to an activating group) is 1. The van der Waals surface area contributed by atoms with Crippen LogP contribution in [0.15, 0.2) is 29.3 Å². The molecule has 1 saturated heterocycles. The number of guanidine groups is 1. The van der Waals surface area contributed by atoms with Crippen LogP contribution in [0.1, 0.15) is 19.4 Å². The maximum absolute atomic E-state index is 5.95. The third-order valence-electron chi connectivity index (χ3n) is 4.74. The van der Waals surface area contributed by atoms with Gasteiger partial charge in [-0.3, -0.25) is 9.89 Å². The van der Waals surface area contributed by atoms with E-state index in [1.807, 2.05) is 12.1 Å². The first-order valence-corrected chi connectivity index (χ1v) is 9.73. The van der Waals surface area contributed by atoms with Crippen LogP contribution < -0.4 is 15.4 Å². The molecule has 0 radical (unpaired) electrons. The molecule has 7 heteroatoms. The van der Waals surface area contributed by atoms with Crippen molar-refractivity contribution >= 4 is 29.9 Å². The Morgan fingerprint density at radius 2 is 1.89 bits per heavy atom. The summed E-state index contributed by atoms with van der Waals surface area (Å²) >= 11 is 0. The molecule has 6 nitrogen and oxygen atoms in total. The number of nitrogens with one attached hydrogen (secondary N) is 2. The maximum Gasteiger partial charge on any atom is 0.191 e. The van der Waals surface area contributed by atoms with Gasteiger partial charge in [0.1, 0.15) is 11.9 Å². The number of halogens is 1. The van der Waals surface area contributed by atoms with Crippen LogP contribution in [-0.4, -0.2) is 81.3 Å². The lowest BCUT2D eigenvalue weighted by Gasteiger charge is -2.34. The lowest BCUT2D eigenvalue weighted by Crippen LogP contribution is -2.49. The molecular weight excluding hydrogens is 453 g/mol. The summed E-state index contributed by atoms with van der Waals surface area (Å²) in [5, 5.41) is 6.74. The Morgan fingerprint density at radius 3 is 2.52 bits per heavy atom. The van der Waals surface area contributed by atoms with Crippen LogP contribution in [0.25, 0.3) is 0 Å². The Labute approximate surface area is 181 Å². The highest BCUT2D eigenvalue weighted by Gasteiger charge is 2.14. The molecule has 1 atom stereocenters. The van der Waals surface area contributed by atoms with E-state index in [0.29, 0.717) is 6.54 Å². The van der Waals surface area contributed by atoms with Crippen molar-refractivity contribution in [3.63, 3.8) is 0 Å². The van der Waals surface area contributed by atoms with E-state index >= 15 is 0 Å². The Balaban J connectivity index is 0.00000364. The van der Waals surface area contributed by atoms with E-state index < -0.39 is 0 Å². The first-order chi connectivity index (χ1) is 12.6. The third kappa shape index (κ3) is 9.12. The van der Waals surface area contributed by atoms with Gasteiger partial charge < -0.3 is 20.3 Å². The molecule has 2 N–H and O–H groups in total. The Kier molecular flexibility index (Phi) is 11.7. The number of aliphatic imine (C=N–C) groups is 1. The summed E-state index contributed by atoms with van der Waals surface area (Å²) < 4.78 is 5.95. The second-order valence-electron chi connectivity index (χ2n) is 6.90. The molecule has 1 aliphatic rings. The van der Waals surface area contributed by atoms with Crippen molar-refractivity contribution in [3.8, 4) is 5.75 Å². The Hall–Kier alpha value is -1.06. The minimum atomic E-state index is 0. The van der Waals surface area contributed by atoms with Gasteiger partial charge in [-0.1, -0.05) is 19.1 Å². The first-order valence-electron chi connectivity index (χ1n) is 9.73. The number of nitrogens with zero attached hydrogens (tertiary/aromatic N) is 3. The molecule has 154 valence electrons. The molecule has 0 aromatic heterocycles. The Morgan fingerprint density at radius 1 is 1.19 bits per heavy atom. The highest BCUT2D eigenvalue weighted by Crippen LogP contribution is 2.13. The van der Waals surface area contributed by atoms with Gasteiger partial charge in [0.25, 0.3) is 0 Å². The van der Waals surface area contributed by atoms with Crippen LogP contribution in [0.2, 0.25) is 0 Å². The molecule has 0 amide bonds. The number of hydrogen-bond acceptors (Lipinski definition) is 4. The van der Waals surface area contributed by atoms with Crippen molar-refractivity contribution in [1.29, 1.82) is 0 Å². The number of rotatable bonds is 8. The van der Waals surface area contributed by atoms with E-state index in [2.05, 4.69) is 58.3 Å². The third-order valence-corrected chi connectivity index (χ3v) is 4.74. The molecule has 2 rings (SSSR count). The van der Waals surface area contributed by atoms with Crippen molar-refractivity contribution < 1.29 is 4.74 Å². The highest BCUT2D eigenvalue weighted by atomic mass is 127. The summed E-state index contributed by atoms with van der Waals surface area (Å²) in [6.45, 7) is 14.9. The standard InChI is InChI=1S/C20H35N5O.HI/c1-5-24-11-13-25(14-12-24)10-9-22-20(21-4)23-16-18(3)26-19-8-6-7-17(2)15-19;/h6-8,15,18H,5,9-14,16H2,1-4H3,(H2,21,22,23);1H. The van der Waals surface area contributed by atoms with Crippen LogP contribution in [-0.2, 0) is 0 Å². The summed E-state index contributed by atoms with van der Waals surface area (Å²) in [5.41, 5.74) is 1.21. The molecule has 1 fully saturated rings. The van der Waals surface area contributed by atoms with Crippen LogP contribution in [0.5, 0.6) is 5.75 Å². The van der Waals surface area contributed by atoms with Crippen molar-refractivity contribution in [2.45, 2.75) is 26.9 Å². The topological polar surface area (TPSA) is 52.1 Å². The van der Waals surface area contributed by atoms with Crippen molar-refractivity contribution in [2.75, 3.05) is 59.4 Å². The molecule has 1 heterocycles. The normalized spacial score (nSPS) is 17.1. The van der Waals surface area contributed by atoms with Crippen LogP contribution in [0.3, 0.4) is 0 Å². The average Bonchev–Trinajstić information content (AvgIpc) is 2.65. The van der Waals surface area contributed by atoms with Crippen LogP contribution in [0.4, 0.5) is 0 Å². The van der Waals surface area contributed by atoms with E-state index in [1.165, 1.54) is 18.7 Å². The minimum Gasteiger partial charge on any atom is -0.489 e. The largest absolute Gasteiger partial charge is 0.489 e. The number of piperazine rings is 1. The summed E-state index contributed by atoms with van der Waals surface area (Å²) in [5.74, 6) is 1.74. The van der Waals surface area contributed by atoms with E-state index in [1.54, 1.807) is 7.05 Å². The second kappa shape index (κ2) is 13.2. The van der Waals surface area contributed by atoms with E-state index in [9.17, 15) is 0 Å². The van der Waals surface area contributed by atoms with Gasteiger partial charge in [0.2, 0.25) is 0 Å². The molecule has 27 heavy (non-hydrogen) atoms. The molecule has 1 aromatic carbocycles. The monoisotopic (exact) mass is 489 g/mol. The molecule has 0 aliphatic carbocycles. The van der Waals surface area contributed by atoms with E-state index in [0.717, 1.165) is 44.4 Å². The zero-order chi connectivity index (χ0) is 18.8. The molecule has 1 aromatic rings. The zero-order valence-corrected chi connectivity index (χ0v) is 19.5. The molecule has 1 unspecified atom stereocenters. The maximum atomic E-state index is 5.95. The van der Waals surface area contributed by atoms with Crippen molar-refractivity contribution in [1.82, 2.24) is 20.4 Å². The lowest BCUT2D eigenvalue weighted by atomic mass is 10.2.